The summed E-state index contributed by atoms with van der Waals surface area (Å²) in [6.45, 7) is 7.97. The molecule has 0 N–H and O–H groups in total. The minimum Gasteiger partial charge on any atom is -0.312 e. The first-order valence-electron chi connectivity index (χ1n) is 5.10. The van der Waals surface area contributed by atoms with Crippen molar-refractivity contribution in [2.24, 2.45) is 0 Å². The topological polar surface area (TPSA) is 20.3 Å². The molecule has 2 nitrogen and oxygen atoms in total. The van der Waals surface area contributed by atoms with Gasteiger partial charge in [0.2, 0.25) is 0 Å². The van der Waals surface area contributed by atoms with E-state index in [4.69, 9.17) is 0 Å². The van der Waals surface area contributed by atoms with E-state index in [0.717, 1.165) is 23.3 Å². The molecule has 0 aromatic rings. The third-order valence-corrected chi connectivity index (χ3v) is 2.46. The summed E-state index contributed by atoms with van der Waals surface area (Å²) in [7, 11) is 1.74. The molecule has 1 aliphatic rings. The second kappa shape index (κ2) is 4.78. The Morgan fingerprint density at radius 2 is 2.27 bits per heavy atom. The molecule has 0 spiro atoms. The second-order valence-electron chi connectivity index (χ2n) is 3.59. The van der Waals surface area contributed by atoms with Gasteiger partial charge in [0, 0.05) is 24.4 Å². The maximum atomic E-state index is 11.4. The fourth-order valence-corrected chi connectivity index (χ4v) is 1.40. The van der Waals surface area contributed by atoms with Crippen LogP contribution in [0.5, 0.6) is 0 Å². The van der Waals surface area contributed by atoms with Gasteiger partial charge in [0.25, 0.3) is 5.91 Å². The molecule has 0 fully saturated rings. The lowest BCUT2D eigenvalue weighted by Gasteiger charge is -2.12. The molecule has 80 valence electrons. The summed E-state index contributed by atoms with van der Waals surface area (Å²) in [5.41, 5.74) is 2.78. The third kappa shape index (κ3) is 2.46. The number of hydrogen-bond donors (Lipinski definition) is 0. The van der Waals surface area contributed by atoms with E-state index in [2.05, 4.69) is 19.6 Å². The quantitative estimate of drug-likeness (QED) is 0.646. The highest BCUT2D eigenvalue weighted by Crippen LogP contribution is 2.26. The van der Waals surface area contributed by atoms with Crippen molar-refractivity contribution < 1.29 is 4.79 Å². The van der Waals surface area contributed by atoms with E-state index in [0.29, 0.717) is 0 Å². The molecule has 0 saturated carbocycles. The van der Waals surface area contributed by atoms with E-state index < -0.39 is 0 Å². The molecule has 0 aromatic carbocycles. The van der Waals surface area contributed by atoms with Crippen LogP contribution >= 0.6 is 0 Å². The van der Waals surface area contributed by atoms with Crippen LogP contribution in [0.15, 0.2) is 47.7 Å². The lowest BCUT2D eigenvalue weighted by Crippen LogP contribution is -2.17. The van der Waals surface area contributed by atoms with E-state index in [1.807, 2.05) is 19.1 Å². The highest BCUT2D eigenvalue weighted by atomic mass is 16.2. The van der Waals surface area contributed by atoms with E-state index in [1.54, 1.807) is 18.0 Å². The van der Waals surface area contributed by atoms with Crippen LogP contribution in [0.2, 0.25) is 0 Å². The predicted octanol–water partition coefficient (Wildman–Crippen LogP) is 2.81. The van der Waals surface area contributed by atoms with Crippen molar-refractivity contribution in [2.75, 3.05) is 7.05 Å². The summed E-state index contributed by atoms with van der Waals surface area (Å²) in [5.74, 6) is 0.00206. The molecule has 0 atom stereocenters. The van der Waals surface area contributed by atoms with E-state index in [-0.39, 0.29) is 5.91 Å². The number of rotatable bonds is 3. The standard InChI is InChI=1S/C13H17NO/c1-5-6-7-8-10(2)12-9-13(15)14(4)11(12)3/h6-9H,3,5H2,1-2,4H3/b7-6-,10-8+. The largest absolute Gasteiger partial charge is 0.312 e. The lowest BCUT2D eigenvalue weighted by atomic mass is 10.1. The predicted molar refractivity (Wildman–Crippen MR) is 63.2 cm³/mol. The summed E-state index contributed by atoms with van der Waals surface area (Å²) in [6, 6.07) is 0. The molecular formula is C13H17NO. The summed E-state index contributed by atoms with van der Waals surface area (Å²) in [4.78, 5) is 12.9. The molecule has 1 aliphatic heterocycles. The van der Waals surface area contributed by atoms with Crippen LogP contribution in [0.4, 0.5) is 0 Å². The van der Waals surface area contributed by atoms with Gasteiger partial charge in [0.1, 0.15) is 0 Å². The van der Waals surface area contributed by atoms with E-state index >= 15 is 0 Å². The number of allylic oxidation sites excluding steroid dienone is 4. The molecule has 0 aliphatic carbocycles. The molecule has 2 heteroatoms. The Kier molecular flexibility index (Phi) is 3.67. The molecule has 0 saturated heterocycles. The Bertz CT molecular complexity index is 372. The van der Waals surface area contributed by atoms with Crippen LogP contribution in [0.1, 0.15) is 20.3 Å². The number of likely N-dealkylation sites (N-methyl/N-ethyl adjacent to an activating group) is 1. The Labute approximate surface area is 91.3 Å². The van der Waals surface area contributed by atoms with Gasteiger partial charge in [-0.1, -0.05) is 31.7 Å². The van der Waals surface area contributed by atoms with Crippen LogP contribution < -0.4 is 0 Å². The van der Waals surface area contributed by atoms with Crippen LogP contribution in [0, 0.1) is 0 Å². The van der Waals surface area contributed by atoms with Gasteiger partial charge in [-0.05, 0) is 18.9 Å². The van der Waals surface area contributed by atoms with Gasteiger partial charge in [-0.25, -0.2) is 0 Å². The molecule has 0 unspecified atom stereocenters. The van der Waals surface area contributed by atoms with Gasteiger partial charge in [-0.3, -0.25) is 4.79 Å². The van der Waals surface area contributed by atoms with Crippen LogP contribution in [0.25, 0.3) is 0 Å². The van der Waals surface area contributed by atoms with Gasteiger partial charge in [-0.15, -0.1) is 0 Å². The fraction of sp³-hybridized carbons (Fsp3) is 0.308. The summed E-state index contributed by atoms with van der Waals surface area (Å²) in [5, 5.41) is 0. The summed E-state index contributed by atoms with van der Waals surface area (Å²) in [6.07, 6.45) is 8.74. The van der Waals surface area contributed by atoms with Gasteiger partial charge < -0.3 is 4.90 Å². The van der Waals surface area contributed by atoms with Crippen molar-refractivity contribution in [3.05, 3.63) is 47.7 Å². The van der Waals surface area contributed by atoms with Crippen LogP contribution in [-0.4, -0.2) is 17.9 Å². The molecule has 1 rings (SSSR count). The zero-order valence-electron chi connectivity index (χ0n) is 9.58. The second-order valence-corrected chi connectivity index (χ2v) is 3.59. The highest BCUT2D eigenvalue weighted by molar-refractivity contribution is 5.95. The van der Waals surface area contributed by atoms with Crippen molar-refractivity contribution >= 4 is 5.91 Å². The molecule has 0 aromatic heterocycles. The smallest absolute Gasteiger partial charge is 0.251 e. The van der Waals surface area contributed by atoms with Gasteiger partial charge in [-0.2, -0.15) is 0 Å². The normalized spacial score (nSPS) is 17.9. The number of carbonyl (C=O) groups excluding carboxylic acids is 1. The zero-order chi connectivity index (χ0) is 11.4. The molecule has 1 heterocycles. The first-order valence-corrected chi connectivity index (χ1v) is 5.10. The number of nitrogens with zero attached hydrogens (tertiary/aromatic N) is 1. The van der Waals surface area contributed by atoms with Gasteiger partial charge in [0.05, 0.1) is 0 Å². The molecule has 15 heavy (non-hydrogen) atoms. The number of amides is 1. The Balaban J connectivity index is 2.86. The number of carbonyl (C=O) groups is 1. The van der Waals surface area contributed by atoms with E-state index in [1.165, 1.54) is 0 Å². The van der Waals surface area contributed by atoms with E-state index in [9.17, 15) is 4.79 Å². The first kappa shape index (κ1) is 11.5. The monoisotopic (exact) mass is 203 g/mol. The maximum absolute atomic E-state index is 11.4. The van der Waals surface area contributed by atoms with Crippen molar-refractivity contribution in [1.82, 2.24) is 4.90 Å². The van der Waals surface area contributed by atoms with Crippen LogP contribution in [0.3, 0.4) is 0 Å². The minimum absolute atomic E-state index is 0.00206. The average Bonchev–Trinajstić information content (AvgIpc) is 2.46. The van der Waals surface area contributed by atoms with Crippen molar-refractivity contribution in [3.63, 3.8) is 0 Å². The molecule has 0 bridgehead atoms. The Morgan fingerprint density at radius 3 is 2.73 bits per heavy atom. The zero-order valence-corrected chi connectivity index (χ0v) is 9.58. The number of hydrogen-bond acceptors (Lipinski definition) is 1. The minimum atomic E-state index is 0.00206. The SMILES string of the molecule is C=C1C(/C(C)=C/C=C\CC)=CC(=O)N1C. The highest BCUT2D eigenvalue weighted by Gasteiger charge is 2.22. The lowest BCUT2D eigenvalue weighted by molar-refractivity contribution is -0.122. The summed E-state index contributed by atoms with van der Waals surface area (Å²) >= 11 is 0. The average molecular weight is 203 g/mol. The van der Waals surface area contributed by atoms with Crippen molar-refractivity contribution in [2.45, 2.75) is 20.3 Å². The van der Waals surface area contributed by atoms with Crippen molar-refractivity contribution in [3.8, 4) is 0 Å². The van der Waals surface area contributed by atoms with Crippen molar-refractivity contribution in [1.29, 1.82) is 0 Å². The first-order chi connectivity index (χ1) is 7.07. The Morgan fingerprint density at radius 1 is 1.60 bits per heavy atom. The van der Waals surface area contributed by atoms with Gasteiger partial charge in [0.15, 0.2) is 0 Å². The third-order valence-electron chi connectivity index (χ3n) is 2.46. The molecular weight excluding hydrogens is 186 g/mol. The molecule has 0 radical (unpaired) electrons. The Hall–Kier alpha value is -1.57. The van der Waals surface area contributed by atoms with Gasteiger partial charge >= 0.3 is 0 Å². The fourth-order valence-electron chi connectivity index (χ4n) is 1.40. The molecule has 1 amide bonds. The van der Waals surface area contributed by atoms with Crippen LogP contribution in [-0.2, 0) is 4.79 Å². The summed E-state index contributed by atoms with van der Waals surface area (Å²) < 4.78 is 0. The maximum Gasteiger partial charge on any atom is 0.251 e.